The fraction of sp³-hybridized carbons (Fsp3) is 0.214. The lowest BCUT2D eigenvalue weighted by Gasteiger charge is -2.13. The first-order valence-corrected chi connectivity index (χ1v) is 5.89. The average Bonchev–Trinajstić information content (AvgIpc) is 2.33. The molecule has 0 aliphatic carbocycles. The van der Waals surface area contributed by atoms with Gasteiger partial charge in [0, 0.05) is 25.2 Å². The molecular weight excluding hydrogens is 266 g/mol. The van der Waals surface area contributed by atoms with Crippen LogP contribution in [-0.2, 0) is 19.6 Å². The number of alkyl halides is 3. The minimum atomic E-state index is -4.55. The van der Waals surface area contributed by atoms with Gasteiger partial charge >= 0.3 is 6.18 Å². The van der Waals surface area contributed by atoms with Crippen LogP contribution in [0.1, 0.15) is 16.7 Å². The fourth-order valence-corrected chi connectivity index (χ4v) is 2.03. The number of nitrogens with zero attached hydrogens (tertiary/aromatic N) is 1. The lowest BCUT2D eigenvalue weighted by molar-refractivity contribution is -0.138. The lowest BCUT2D eigenvalue weighted by atomic mass is 9.92. The molecule has 1 aromatic carbocycles. The molecule has 2 aromatic rings. The Balaban J connectivity index is 2.55. The summed E-state index contributed by atoms with van der Waals surface area (Å²) in [6.45, 7) is 0. The smallest absolute Gasteiger partial charge is 0.318 e. The average molecular weight is 277 g/mol. The van der Waals surface area contributed by atoms with E-state index in [1.165, 1.54) is 7.05 Å². The molecule has 0 amide bonds. The molecule has 0 atom stereocenters. The Morgan fingerprint density at radius 1 is 1.25 bits per heavy atom. The summed E-state index contributed by atoms with van der Waals surface area (Å²) in [6.07, 6.45) is -3.54. The molecule has 0 bridgehead atoms. The summed E-state index contributed by atoms with van der Waals surface area (Å²) in [6, 6.07) is 7.40. The van der Waals surface area contributed by atoms with Gasteiger partial charge in [0.2, 0.25) is 0 Å². The lowest BCUT2D eigenvalue weighted by Crippen LogP contribution is -2.26. The van der Waals surface area contributed by atoms with Crippen LogP contribution in [0.25, 0.3) is 0 Å². The molecule has 20 heavy (non-hydrogen) atoms. The first-order valence-electron chi connectivity index (χ1n) is 5.89. The topological polar surface area (TPSA) is 22.0 Å². The van der Waals surface area contributed by atoms with Crippen LogP contribution in [0.5, 0.6) is 0 Å². The molecule has 0 unspecified atom stereocenters. The van der Waals surface area contributed by atoms with Gasteiger partial charge in [-0.2, -0.15) is 13.2 Å². The summed E-state index contributed by atoms with van der Waals surface area (Å²) in [7, 11) is 7.02. The predicted octanol–water partition coefficient (Wildman–Crippen LogP) is 1.79. The SMILES string of the molecule is [B]c1cccc(Cc2c(C(F)(F)F)ccn(C)c2=O)c1. The highest BCUT2D eigenvalue weighted by molar-refractivity contribution is 6.32. The first kappa shape index (κ1) is 14.4. The molecule has 102 valence electrons. The molecule has 0 aliphatic heterocycles. The van der Waals surface area contributed by atoms with Crippen molar-refractivity contribution in [1.82, 2.24) is 4.57 Å². The Hall–Kier alpha value is -1.98. The van der Waals surface area contributed by atoms with Crippen molar-refractivity contribution in [1.29, 1.82) is 0 Å². The normalized spacial score (nSPS) is 11.6. The zero-order valence-electron chi connectivity index (χ0n) is 10.7. The second-order valence-electron chi connectivity index (χ2n) is 4.54. The number of hydrogen-bond acceptors (Lipinski definition) is 1. The Morgan fingerprint density at radius 3 is 2.55 bits per heavy atom. The molecular formula is C14H11BF3NO. The monoisotopic (exact) mass is 277 g/mol. The number of rotatable bonds is 2. The maximum atomic E-state index is 13.0. The number of aryl methyl sites for hydroxylation is 1. The van der Waals surface area contributed by atoms with Crippen LogP contribution < -0.4 is 11.0 Å². The van der Waals surface area contributed by atoms with Gasteiger partial charge in [-0.25, -0.2) is 0 Å². The highest BCUT2D eigenvalue weighted by Crippen LogP contribution is 2.31. The van der Waals surface area contributed by atoms with Crippen LogP contribution >= 0.6 is 0 Å². The third kappa shape index (κ3) is 2.95. The molecule has 0 fully saturated rings. The third-order valence-corrected chi connectivity index (χ3v) is 3.01. The summed E-state index contributed by atoms with van der Waals surface area (Å²) in [4.78, 5) is 12.0. The molecule has 6 heteroatoms. The molecule has 0 spiro atoms. The van der Waals surface area contributed by atoms with Gasteiger partial charge in [0.1, 0.15) is 7.85 Å². The Morgan fingerprint density at radius 2 is 1.95 bits per heavy atom. The summed E-state index contributed by atoms with van der Waals surface area (Å²) in [5.41, 5.74) is -0.805. The molecule has 1 heterocycles. The summed E-state index contributed by atoms with van der Waals surface area (Å²) >= 11 is 0. The number of benzene rings is 1. The van der Waals surface area contributed by atoms with E-state index >= 15 is 0 Å². The zero-order valence-corrected chi connectivity index (χ0v) is 10.7. The minimum Gasteiger partial charge on any atom is -0.318 e. The van der Waals surface area contributed by atoms with Crippen molar-refractivity contribution >= 4 is 13.3 Å². The van der Waals surface area contributed by atoms with Crippen molar-refractivity contribution in [3.05, 3.63) is 63.6 Å². The standard InChI is InChI=1S/C14H11BF3NO/c1-19-6-5-12(14(16,17)18)11(13(19)20)8-9-3-2-4-10(15)7-9/h2-7H,8H2,1H3. The van der Waals surface area contributed by atoms with Crippen molar-refractivity contribution in [2.45, 2.75) is 12.6 Å². The van der Waals surface area contributed by atoms with Crippen LogP contribution in [0, 0.1) is 0 Å². The number of pyridine rings is 1. The molecule has 2 radical (unpaired) electrons. The van der Waals surface area contributed by atoms with E-state index in [0.717, 1.165) is 16.8 Å². The van der Waals surface area contributed by atoms with Crippen molar-refractivity contribution in [3.63, 3.8) is 0 Å². The van der Waals surface area contributed by atoms with Gasteiger partial charge < -0.3 is 4.57 Å². The van der Waals surface area contributed by atoms with Crippen molar-refractivity contribution in [2.24, 2.45) is 7.05 Å². The summed E-state index contributed by atoms with van der Waals surface area (Å²) in [5.74, 6) is 0. The maximum Gasteiger partial charge on any atom is 0.416 e. The minimum absolute atomic E-state index is 0.104. The highest BCUT2D eigenvalue weighted by Gasteiger charge is 2.34. The highest BCUT2D eigenvalue weighted by atomic mass is 19.4. The van der Waals surface area contributed by atoms with Gasteiger partial charge in [-0.15, -0.1) is 0 Å². The van der Waals surface area contributed by atoms with E-state index in [9.17, 15) is 18.0 Å². The van der Waals surface area contributed by atoms with Gasteiger partial charge in [-0.05, 0) is 11.6 Å². The van der Waals surface area contributed by atoms with Crippen LogP contribution in [0.3, 0.4) is 0 Å². The van der Waals surface area contributed by atoms with E-state index in [1.807, 2.05) is 0 Å². The largest absolute Gasteiger partial charge is 0.416 e. The Labute approximate surface area is 115 Å². The van der Waals surface area contributed by atoms with E-state index in [-0.39, 0.29) is 12.0 Å². The van der Waals surface area contributed by atoms with Gasteiger partial charge in [0.15, 0.2) is 0 Å². The van der Waals surface area contributed by atoms with E-state index in [2.05, 4.69) is 0 Å². The van der Waals surface area contributed by atoms with Crippen LogP contribution in [0.4, 0.5) is 13.2 Å². The van der Waals surface area contributed by atoms with Crippen molar-refractivity contribution in [2.75, 3.05) is 0 Å². The maximum absolute atomic E-state index is 13.0. The third-order valence-electron chi connectivity index (χ3n) is 3.01. The Bertz CT molecular complexity index is 692. The van der Waals surface area contributed by atoms with E-state index in [0.29, 0.717) is 11.0 Å². The molecule has 2 rings (SSSR count). The number of halogens is 3. The molecule has 0 saturated carbocycles. The van der Waals surface area contributed by atoms with Crippen LogP contribution in [-0.4, -0.2) is 12.4 Å². The van der Waals surface area contributed by atoms with Crippen molar-refractivity contribution in [3.8, 4) is 0 Å². The van der Waals surface area contributed by atoms with E-state index in [4.69, 9.17) is 7.85 Å². The number of hydrogen-bond donors (Lipinski definition) is 0. The molecule has 0 N–H and O–H groups in total. The number of aromatic nitrogens is 1. The van der Waals surface area contributed by atoms with Gasteiger partial charge in [0.25, 0.3) is 5.56 Å². The molecule has 2 nitrogen and oxygen atoms in total. The van der Waals surface area contributed by atoms with Gasteiger partial charge in [-0.3, -0.25) is 4.79 Å². The van der Waals surface area contributed by atoms with Gasteiger partial charge in [-0.1, -0.05) is 29.7 Å². The second-order valence-corrected chi connectivity index (χ2v) is 4.54. The van der Waals surface area contributed by atoms with Crippen molar-refractivity contribution < 1.29 is 13.2 Å². The zero-order chi connectivity index (χ0) is 14.9. The fourth-order valence-electron chi connectivity index (χ4n) is 2.03. The molecule has 1 aromatic heterocycles. The van der Waals surface area contributed by atoms with Crippen LogP contribution in [0.15, 0.2) is 41.3 Å². The van der Waals surface area contributed by atoms with Gasteiger partial charge in [0.05, 0.1) is 5.56 Å². The Kier molecular flexibility index (Phi) is 3.75. The second kappa shape index (κ2) is 5.19. The summed E-state index contributed by atoms with van der Waals surface area (Å²) in [5, 5.41) is 0. The van der Waals surface area contributed by atoms with E-state index < -0.39 is 17.3 Å². The quantitative estimate of drug-likeness (QED) is 0.767. The van der Waals surface area contributed by atoms with Crippen LogP contribution in [0.2, 0.25) is 0 Å². The summed E-state index contributed by atoms with van der Waals surface area (Å²) < 4.78 is 40.0. The van der Waals surface area contributed by atoms with E-state index in [1.54, 1.807) is 24.3 Å². The first-order chi connectivity index (χ1) is 9.29. The molecule has 0 saturated heterocycles. The molecule has 0 aliphatic rings. The predicted molar refractivity (Wildman–Crippen MR) is 71.3 cm³/mol.